The van der Waals surface area contributed by atoms with Crippen molar-refractivity contribution < 1.29 is 30.6 Å². The Kier molecular flexibility index (Phi) is 9.57. The molecule has 1 heterocycles. The molecule has 0 aromatic heterocycles. The van der Waals surface area contributed by atoms with Crippen molar-refractivity contribution in [2.24, 2.45) is 0 Å². The Morgan fingerprint density at radius 3 is 1.86 bits per heavy atom. The zero-order valence-electron chi connectivity index (χ0n) is 13.5. The number of quaternary nitrogens is 1. The van der Waals surface area contributed by atoms with Crippen molar-refractivity contribution in [2.75, 3.05) is 26.2 Å². The van der Waals surface area contributed by atoms with E-state index in [0.29, 0.717) is 0 Å². The molecule has 8 heteroatoms. The summed E-state index contributed by atoms with van der Waals surface area (Å²) in [5.74, 6) is 0. The Morgan fingerprint density at radius 1 is 1.00 bits per heavy atom. The molecule has 0 aromatic carbocycles. The minimum Gasteiger partial charge on any atom is -0.741 e. The van der Waals surface area contributed by atoms with Crippen molar-refractivity contribution >= 4 is 10.1 Å². The molecule has 1 fully saturated rings. The summed E-state index contributed by atoms with van der Waals surface area (Å²) in [7, 11) is -6.09. The molecule has 0 amide bonds. The summed E-state index contributed by atoms with van der Waals surface area (Å²) in [6, 6.07) is 0. The van der Waals surface area contributed by atoms with Crippen molar-refractivity contribution in [2.45, 2.75) is 64.3 Å². The van der Waals surface area contributed by atoms with E-state index in [2.05, 4.69) is 13.8 Å². The third-order valence-corrected chi connectivity index (χ3v) is 4.77. The van der Waals surface area contributed by atoms with E-state index in [0.717, 1.165) is 0 Å². The fourth-order valence-corrected chi connectivity index (χ4v) is 2.75. The van der Waals surface area contributed by atoms with Crippen molar-refractivity contribution in [1.82, 2.24) is 0 Å². The third-order valence-electron chi connectivity index (χ3n) is 4.21. The van der Waals surface area contributed by atoms with Crippen molar-refractivity contribution in [3.05, 3.63) is 0 Å². The Bertz CT molecular complexity index is 391. The van der Waals surface area contributed by atoms with Gasteiger partial charge in [0.05, 0.1) is 26.2 Å². The SMILES string of the molecule is CCCCCC[N+]1(CC)CCCCC1.O=S(=O)([O-])C(F)(F)F. The first-order valence-electron chi connectivity index (χ1n) is 7.95. The van der Waals surface area contributed by atoms with Crippen LogP contribution in [0.1, 0.15) is 58.8 Å². The topological polar surface area (TPSA) is 57.2 Å². The number of nitrogens with zero attached hydrogens (tertiary/aromatic N) is 1. The van der Waals surface area contributed by atoms with Gasteiger partial charge in [-0.15, -0.1) is 0 Å². The molecule has 4 nitrogen and oxygen atoms in total. The number of hydrogen-bond donors (Lipinski definition) is 0. The van der Waals surface area contributed by atoms with Gasteiger partial charge in [-0.05, 0) is 39.0 Å². The number of likely N-dealkylation sites (tertiary alicyclic amines) is 1. The number of alkyl halides is 3. The average Bonchev–Trinajstić information content (AvgIpc) is 2.43. The largest absolute Gasteiger partial charge is 0.741 e. The fourth-order valence-electron chi connectivity index (χ4n) is 2.75. The highest BCUT2D eigenvalue weighted by Gasteiger charge is 2.36. The Labute approximate surface area is 132 Å². The summed E-state index contributed by atoms with van der Waals surface area (Å²) < 4.78 is 60.3. The van der Waals surface area contributed by atoms with Crippen LogP contribution in [0.4, 0.5) is 13.2 Å². The third kappa shape index (κ3) is 8.33. The van der Waals surface area contributed by atoms with Crippen molar-refractivity contribution in [1.29, 1.82) is 0 Å². The van der Waals surface area contributed by atoms with Gasteiger partial charge < -0.3 is 9.04 Å². The van der Waals surface area contributed by atoms with Crippen LogP contribution in [0.3, 0.4) is 0 Å². The molecule has 1 saturated heterocycles. The molecular weight excluding hydrogens is 319 g/mol. The molecule has 0 N–H and O–H groups in total. The molecule has 1 aliphatic heterocycles. The number of halogens is 3. The lowest BCUT2D eigenvalue weighted by Gasteiger charge is -2.41. The molecule has 134 valence electrons. The Morgan fingerprint density at radius 2 is 1.50 bits per heavy atom. The molecule has 0 spiro atoms. The summed E-state index contributed by atoms with van der Waals surface area (Å²) in [6.45, 7) is 10.4. The highest BCUT2D eigenvalue weighted by atomic mass is 32.2. The molecule has 0 radical (unpaired) electrons. The molecule has 0 saturated carbocycles. The van der Waals surface area contributed by atoms with Gasteiger partial charge in [-0.25, -0.2) is 8.42 Å². The van der Waals surface area contributed by atoms with Gasteiger partial charge in [0.1, 0.15) is 0 Å². The minimum atomic E-state index is -6.09. The highest BCUT2D eigenvalue weighted by Crippen LogP contribution is 2.21. The van der Waals surface area contributed by atoms with E-state index in [4.69, 9.17) is 13.0 Å². The minimum absolute atomic E-state index is 1.37. The first-order chi connectivity index (χ1) is 10.1. The zero-order valence-corrected chi connectivity index (χ0v) is 14.3. The van der Waals surface area contributed by atoms with E-state index in [1.54, 1.807) is 0 Å². The predicted octanol–water partition coefficient (Wildman–Crippen LogP) is 3.64. The van der Waals surface area contributed by atoms with E-state index in [9.17, 15) is 13.2 Å². The van der Waals surface area contributed by atoms with E-state index in [1.165, 1.54) is 75.6 Å². The van der Waals surface area contributed by atoms with Crippen LogP contribution in [0.25, 0.3) is 0 Å². The van der Waals surface area contributed by atoms with Crippen LogP contribution in [0.2, 0.25) is 0 Å². The first kappa shape index (κ1) is 21.7. The summed E-state index contributed by atoms with van der Waals surface area (Å²) >= 11 is 0. The lowest BCUT2D eigenvalue weighted by atomic mass is 10.1. The zero-order chi connectivity index (χ0) is 17.3. The molecule has 0 unspecified atom stereocenters. The van der Waals surface area contributed by atoms with Gasteiger partial charge in [-0.2, -0.15) is 13.2 Å². The second-order valence-corrected chi connectivity index (χ2v) is 7.22. The molecule has 0 aliphatic carbocycles. The Hall–Kier alpha value is -0.340. The summed E-state index contributed by atoms with van der Waals surface area (Å²) in [4.78, 5) is 0. The molecule has 1 rings (SSSR count). The number of unbranched alkanes of at least 4 members (excludes halogenated alkanes) is 3. The van der Waals surface area contributed by atoms with Crippen LogP contribution in [0, 0.1) is 0 Å². The van der Waals surface area contributed by atoms with Crippen molar-refractivity contribution in [3.63, 3.8) is 0 Å². The maximum atomic E-state index is 10.7. The lowest BCUT2D eigenvalue weighted by molar-refractivity contribution is -0.931. The normalized spacial score (nSPS) is 18.5. The maximum Gasteiger partial charge on any atom is 0.485 e. The standard InChI is InChI=1S/C13H28N.CHF3O3S/c1-3-5-6-8-11-14(4-2)12-9-7-10-13-14;2-1(3,4)8(5,6)7/h3-13H2,1-2H3;(H,5,6,7)/q+1;/p-1. The second kappa shape index (κ2) is 9.72. The highest BCUT2D eigenvalue weighted by molar-refractivity contribution is 7.86. The van der Waals surface area contributed by atoms with Gasteiger partial charge >= 0.3 is 5.51 Å². The van der Waals surface area contributed by atoms with Gasteiger partial charge in [0, 0.05) is 0 Å². The van der Waals surface area contributed by atoms with Crippen LogP contribution in [-0.2, 0) is 10.1 Å². The van der Waals surface area contributed by atoms with E-state index in [1.807, 2.05) is 0 Å². The average molecular weight is 347 g/mol. The first-order valence-corrected chi connectivity index (χ1v) is 9.36. The quantitative estimate of drug-likeness (QED) is 0.319. The molecule has 0 bridgehead atoms. The van der Waals surface area contributed by atoms with Crippen molar-refractivity contribution in [3.8, 4) is 0 Å². The van der Waals surface area contributed by atoms with Gasteiger partial charge in [0.15, 0.2) is 10.1 Å². The fraction of sp³-hybridized carbons (Fsp3) is 1.00. The molecular formula is C14H28F3NO3S. The summed E-state index contributed by atoms with van der Waals surface area (Å²) in [5, 5.41) is 0. The van der Waals surface area contributed by atoms with Gasteiger partial charge in [0.25, 0.3) is 0 Å². The van der Waals surface area contributed by atoms with Crippen LogP contribution < -0.4 is 0 Å². The molecule has 0 aromatic rings. The lowest BCUT2D eigenvalue weighted by Crippen LogP contribution is -2.51. The van der Waals surface area contributed by atoms with E-state index in [-0.39, 0.29) is 0 Å². The van der Waals surface area contributed by atoms with Crippen LogP contribution in [-0.4, -0.2) is 49.1 Å². The smallest absolute Gasteiger partial charge is 0.485 e. The molecule has 22 heavy (non-hydrogen) atoms. The Balaban J connectivity index is 0.000000472. The van der Waals surface area contributed by atoms with E-state index < -0.39 is 15.6 Å². The monoisotopic (exact) mass is 347 g/mol. The second-order valence-electron chi connectivity index (χ2n) is 5.85. The number of rotatable bonds is 6. The van der Waals surface area contributed by atoms with E-state index >= 15 is 0 Å². The van der Waals surface area contributed by atoms with Gasteiger partial charge in [-0.3, -0.25) is 0 Å². The van der Waals surface area contributed by atoms with Crippen LogP contribution >= 0.6 is 0 Å². The number of piperidine rings is 1. The molecule has 1 aliphatic rings. The summed E-state index contributed by atoms with van der Waals surface area (Å²) in [5.41, 5.74) is -5.65. The van der Waals surface area contributed by atoms with Gasteiger partial charge in [-0.1, -0.05) is 19.8 Å². The maximum absolute atomic E-state index is 10.7. The van der Waals surface area contributed by atoms with Gasteiger partial charge in [0.2, 0.25) is 0 Å². The van der Waals surface area contributed by atoms with Crippen LogP contribution in [0.15, 0.2) is 0 Å². The predicted molar refractivity (Wildman–Crippen MR) is 79.1 cm³/mol. The number of hydrogen-bond acceptors (Lipinski definition) is 3. The van der Waals surface area contributed by atoms with Crippen LogP contribution in [0.5, 0.6) is 0 Å². The molecule has 0 atom stereocenters. The summed E-state index contributed by atoms with van der Waals surface area (Å²) in [6.07, 6.45) is 10.1.